The normalized spacial score (nSPS) is 22.6. The molecule has 94 valence electrons. The van der Waals surface area contributed by atoms with Crippen LogP contribution < -0.4 is 5.73 Å². The molecule has 1 heterocycles. The highest BCUT2D eigenvalue weighted by atomic mass is 16.3. The van der Waals surface area contributed by atoms with Gasteiger partial charge in [-0.25, -0.2) is 0 Å². The van der Waals surface area contributed by atoms with Crippen molar-refractivity contribution in [3.8, 4) is 0 Å². The van der Waals surface area contributed by atoms with E-state index in [0.29, 0.717) is 12.5 Å². The van der Waals surface area contributed by atoms with Gasteiger partial charge < -0.3 is 15.7 Å². The number of aliphatic hydroxyl groups excluding tert-OH is 1. The van der Waals surface area contributed by atoms with Gasteiger partial charge in [0.1, 0.15) is 0 Å². The Bertz CT molecular complexity index is 240. The van der Waals surface area contributed by atoms with Gasteiger partial charge >= 0.3 is 0 Å². The average Bonchev–Trinajstić information content (AvgIpc) is 2.65. The van der Waals surface area contributed by atoms with Crippen LogP contribution in [0.4, 0.5) is 0 Å². The molecule has 4 N–H and O–H groups in total. The van der Waals surface area contributed by atoms with E-state index in [0.717, 1.165) is 38.9 Å². The summed E-state index contributed by atoms with van der Waals surface area (Å²) in [6, 6.07) is 0. The molecule has 0 radical (unpaired) electrons. The summed E-state index contributed by atoms with van der Waals surface area (Å²) in [5.74, 6) is 0.753. The van der Waals surface area contributed by atoms with Crippen molar-refractivity contribution in [2.75, 3.05) is 26.2 Å². The van der Waals surface area contributed by atoms with Gasteiger partial charge in [0.15, 0.2) is 0 Å². The highest BCUT2D eigenvalue weighted by molar-refractivity contribution is 5.82. The van der Waals surface area contributed by atoms with Crippen LogP contribution in [0.3, 0.4) is 0 Å². The van der Waals surface area contributed by atoms with Gasteiger partial charge in [-0.1, -0.05) is 13.8 Å². The lowest BCUT2D eigenvalue weighted by atomic mass is 9.86. The van der Waals surface area contributed by atoms with E-state index in [4.69, 9.17) is 16.2 Å². The van der Waals surface area contributed by atoms with Crippen molar-refractivity contribution in [1.82, 2.24) is 4.90 Å². The van der Waals surface area contributed by atoms with E-state index < -0.39 is 0 Å². The molecular weight excluding hydrogens is 202 g/mol. The summed E-state index contributed by atoms with van der Waals surface area (Å²) in [4.78, 5) is 2.40. The Morgan fingerprint density at radius 2 is 2.25 bits per heavy atom. The van der Waals surface area contributed by atoms with Gasteiger partial charge in [-0.15, -0.1) is 0 Å². The first-order chi connectivity index (χ1) is 7.45. The van der Waals surface area contributed by atoms with Gasteiger partial charge in [-0.2, -0.15) is 0 Å². The van der Waals surface area contributed by atoms with Crippen molar-refractivity contribution in [2.24, 2.45) is 17.1 Å². The molecule has 1 aliphatic rings. The van der Waals surface area contributed by atoms with Gasteiger partial charge in [0.25, 0.3) is 0 Å². The minimum atomic E-state index is -0.171. The van der Waals surface area contributed by atoms with Crippen LogP contribution in [-0.4, -0.2) is 42.1 Å². The summed E-state index contributed by atoms with van der Waals surface area (Å²) in [6.45, 7) is 7.55. The number of amidine groups is 1. The summed E-state index contributed by atoms with van der Waals surface area (Å²) in [7, 11) is 0. The molecule has 0 aromatic rings. The van der Waals surface area contributed by atoms with Crippen molar-refractivity contribution < 1.29 is 5.11 Å². The third kappa shape index (κ3) is 3.76. The highest BCUT2D eigenvalue weighted by Gasteiger charge is 2.24. The van der Waals surface area contributed by atoms with Crippen molar-refractivity contribution in [3.63, 3.8) is 0 Å². The molecule has 0 aromatic heterocycles. The molecular formula is C12H25N3O. The Morgan fingerprint density at radius 3 is 2.75 bits per heavy atom. The zero-order valence-corrected chi connectivity index (χ0v) is 10.5. The van der Waals surface area contributed by atoms with Gasteiger partial charge in [-0.3, -0.25) is 5.41 Å². The summed E-state index contributed by atoms with van der Waals surface area (Å²) >= 11 is 0. The van der Waals surface area contributed by atoms with E-state index in [9.17, 15) is 0 Å². The van der Waals surface area contributed by atoms with Crippen LogP contribution in [0, 0.1) is 16.7 Å². The van der Waals surface area contributed by atoms with Gasteiger partial charge in [0, 0.05) is 18.6 Å². The molecule has 0 saturated carbocycles. The Morgan fingerprint density at radius 1 is 1.56 bits per heavy atom. The smallest absolute Gasteiger partial charge is 0.0963 e. The molecule has 4 nitrogen and oxygen atoms in total. The molecule has 1 fully saturated rings. The van der Waals surface area contributed by atoms with Crippen molar-refractivity contribution in [1.29, 1.82) is 5.41 Å². The molecule has 0 spiro atoms. The molecule has 1 unspecified atom stereocenters. The van der Waals surface area contributed by atoms with E-state index in [2.05, 4.69) is 4.90 Å². The van der Waals surface area contributed by atoms with E-state index in [-0.39, 0.29) is 11.3 Å². The second-order valence-electron chi connectivity index (χ2n) is 5.54. The van der Waals surface area contributed by atoms with Crippen LogP contribution in [0.2, 0.25) is 0 Å². The minimum Gasteiger partial charge on any atom is -0.396 e. The molecule has 0 aliphatic carbocycles. The lowest BCUT2D eigenvalue weighted by Crippen LogP contribution is -2.32. The zero-order valence-electron chi connectivity index (χ0n) is 10.5. The van der Waals surface area contributed by atoms with Crippen LogP contribution >= 0.6 is 0 Å². The number of nitrogens with zero attached hydrogens (tertiary/aromatic N) is 1. The Hall–Kier alpha value is -0.610. The molecule has 1 atom stereocenters. The lowest BCUT2D eigenvalue weighted by molar-refractivity contribution is 0.219. The molecule has 16 heavy (non-hydrogen) atoms. The predicted octanol–water partition coefficient (Wildman–Crippen LogP) is 1.04. The number of nitrogens with two attached hydrogens (primary N) is 1. The number of hydrogen-bond donors (Lipinski definition) is 3. The monoisotopic (exact) mass is 227 g/mol. The molecule has 1 saturated heterocycles. The summed E-state index contributed by atoms with van der Waals surface area (Å²) in [5, 5.41) is 16.5. The van der Waals surface area contributed by atoms with Crippen LogP contribution in [0.25, 0.3) is 0 Å². The molecule has 1 rings (SSSR count). The maximum absolute atomic E-state index is 9.04. The number of aliphatic hydroxyl groups is 1. The fourth-order valence-corrected chi connectivity index (χ4v) is 2.14. The first kappa shape index (κ1) is 13.5. The van der Waals surface area contributed by atoms with E-state index >= 15 is 0 Å². The van der Waals surface area contributed by atoms with E-state index in [1.807, 2.05) is 13.8 Å². The fourth-order valence-electron chi connectivity index (χ4n) is 2.14. The van der Waals surface area contributed by atoms with E-state index in [1.165, 1.54) is 0 Å². The third-order valence-electron chi connectivity index (χ3n) is 3.63. The SMILES string of the molecule is CC(C)(CCCN1CCC(CO)C1)C(=N)N. The van der Waals surface area contributed by atoms with Crippen molar-refractivity contribution in [3.05, 3.63) is 0 Å². The highest BCUT2D eigenvalue weighted by Crippen LogP contribution is 2.23. The van der Waals surface area contributed by atoms with Crippen LogP contribution in [-0.2, 0) is 0 Å². The molecule has 4 heteroatoms. The number of hydrogen-bond acceptors (Lipinski definition) is 3. The quantitative estimate of drug-likeness (QED) is 0.469. The first-order valence-electron chi connectivity index (χ1n) is 6.13. The van der Waals surface area contributed by atoms with Gasteiger partial charge in [-0.05, 0) is 38.3 Å². The van der Waals surface area contributed by atoms with Gasteiger partial charge in [0.2, 0.25) is 0 Å². The lowest BCUT2D eigenvalue weighted by Gasteiger charge is -2.24. The molecule has 0 aromatic carbocycles. The van der Waals surface area contributed by atoms with Crippen LogP contribution in [0.5, 0.6) is 0 Å². The maximum Gasteiger partial charge on any atom is 0.0963 e. The third-order valence-corrected chi connectivity index (χ3v) is 3.63. The van der Waals surface area contributed by atoms with E-state index in [1.54, 1.807) is 0 Å². The zero-order chi connectivity index (χ0) is 12.2. The number of nitrogens with one attached hydrogen (secondary N) is 1. The minimum absolute atomic E-state index is 0.171. The molecule has 0 bridgehead atoms. The fraction of sp³-hybridized carbons (Fsp3) is 0.917. The van der Waals surface area contributed by atoms with Crippen molar-refractivity contribution in [2.45, 2.75) is 33.1 Å². The topological polar surface area (TPSA) is 73.3 Å². The number of likely N-dealkylation sites (tertiary alicyclic amines) is 1. The summed E-state index contributed by atoms with van der Waals surface area (Å²) in [6.07, 6.45) is 3.15. The largest absolute Gasteiger partial charge is 0.396 e. The second-order valence-corrected chi connectivity index (χ2v) is 5.54. The van der Waals surface area contributed by atoms with Gasteiger partial charge in [0.05, 0.1) is 5.84 Å². The summed E-state index contributed by atoms with van der Waals surface area (Å²) in [5.41, 5.74) is 5.37. The van der Waals surface area contributed by atoms with Crippen LogP contribution in [0.15, 0.2) is 0 Å². The Kier molecular flexibility index (Phi) is 4.74. The summed E-state index contributed by atoms with van der Waals surface area (Å²) < 4.78 is 0. The predicted molar refractivity (Wildman–Crippen MR) is 66.6 cm³/mol. The van der Waals surface area contributed by atoms with Crippen LogP contribution in [0.1, 0.15) is 33.1 Å². The van der Waals surface area contributed by atoms with Crippen molar-refractivity contribution >= 4 is 5.84 Å². The molecule has 0 amide bonds. The second kappa shape index (κ2) is 5.64. The maximum atomic E-state index is 9.04. The molecule has 1 aliphatic heterocycles. The Labute approximate surface area is 98.3 Å². The first-order valence-corrected chi connectivity index (χ1v) is 6.13. The standard InChI is InChI=1S/C12H25N3O/c1-12(2,11(13)14)5-3-6-15-7-4-10(8-15)9-16/h10,16H,3-9H2,1-2H3,(H3,13,14). The Balaban J connectivity index is 2.19. The number of rotatable bonds is 6. The average molecular weight is 227 g/mol.